The van der Waals surface area contributed by atoms with Crippen molar-refractivity contribution in [1.82, 2.24) is 9.78 Å². The van der Waals surface area contributed by atoms with Crippen molar-refractivity contribution in [2.45, 2.75) is 26.3 Å². The van der Waals surface area contributed by atoms with Crippen LogP contribution in [0.25, 0.3) is 0 Å². The number of rotatable bonds is 6. The number of ether oxygens (including phenoxy) is 1. The van der Waals surface area contributed by atoms with Gasteiger partial charge in [-0.25, -0.2) is 0 Å². The van der Waals surface area contributed by atoms with E-state index in [9.17, 15) is 4.79 Å². The summed E-state index contributed by atoms with van der Waals surface area (Å²) in [5.74, 6) is 0.516. The molecule has 5 nitrogen and oxygen atoms in total. The van der Waals surface area contributed by atoms with Crippen LogP contribution in [0.5, 0.6) is 5.75 Å². The number of methoxy groups -OCH3 is 1. The number of Topliss-reactive ketones (excluding diaryl/α,β-unsaturated/α-hetero) is 1. The van der Waals surface area contributed by atoms with Crippen LogP contribution >= 0.6 is 0 Å². The first-order valence-electron chi connectivity index (χ1n) is 5.07. The summed E-state index contributed by atoms with van der Waals surface area (Å²) in [7, 11) is 1.53. The minimum absolute atomic E-state index is 0.0136. The molecule has 0 bridgehead atoms. The third kappa shape index (κ3) is 2.56. The molecule has 0 fully saturated rings. The Balaban J connectivity index is 2.98. The Labute approximate surface area is 89.2 Å². The fraction of sp³-hybridized carbons (Fsp3) is 0.600. The van der Waals surface area contributed by atoms with Gasteiger partial charge in [-0.1, -0.05) is 6.92 Å². The Bertz CT molecular complexity index is 333. The van der Waals surface area contributed by atoms with E-state index >= 15 is 0 Å². The van der Waals surface area contributed by atoms with E-state index in [0.29, 0.717) is 24.4 Å². The number of aromatic nitrogens is 2. The molecular formula is C10H17N3O2. The first-order chi connectivity index (χ1) is 7.24. The standard InChI is InChI=1S/C10H17N3O2/c1-3-6-13-10(8(14)4-5-11)9(15-2)7-12-13/h7H,3-6,11H2,1-2H3. The molecule has 0 saturated carbocycles. The number of nitrogens with zero attached hydrogens (tertiary/aromatic N) is 2. The summed E-state index contributed by atoms with van der Waals surface area (Å²) in [4.78, 5) is 11.8. The zero-order valence-electron chi connectivity index (χ0n) is 9.19. The Morgan fingerprint density at radius 2 is 2.40 bits per heavy atom. The van der Waals surface area contributed by atoms with Gasteiger partial charge in [-0.3, -0.25) is 9.48 Å². The molecule has 0 aliphatic rings. The molecule has 15 heavy (non-hydrogen) atoms. The zero-order valence-corrected chi connectivity index (χ0v) is 9.19. The van der Waals surface area contributed by atoms with Gasteiger partial charge in [-0.05, 0) is 13.0 Å². The van der Waals surface area contributed by atoms with Gasteiger partial charge in [0.15, 0.2) is 11.5 Å². The SMILES string of the molecule is CCCn1ncc(OC)c1C(=O)CCN. The summed E-state index contributed by atoms with van der Waals surface area (Å²) in [5.41, 5.74) is 5.89. The third-order valence-electron chi connectivity index (χ3n) is 2.10. The van der Waals surface area contributed by atoms with Crippen molar-refractivity contribution in [1.29, 1.82) is 0 Å². The first-order valence-corrected chi connectivity index (χ1v) is 5.07. The molecule has 1 heterocycles. The molecule has 2 N–H and O–H groups in total. The highest BCUT2D eigenvalue weighted by molar-refractivity contribution is 5.97. The van der Waals surface area contributed by atoms with E-state index in [1.165, 1.54) is 7.11 Å². The van der Waals surface area contributed by atoms with Crippen LogP contribution in [-0.2, 0) is 6.54 Å². The molecule has 0 atom stereocenters. The van der Waals surface area contributed by atoms with Gasteiger partial charge < -0.3 is 10.5 Å². The highest BCUT2D eigenvalue weighted by Gasteiger charge is 2.17. The van der Waals surface area contributed by atoms with E-state index in [4.69, 9.17) is 10.5 Å². The van der Waals surface area contributed by atoms with Crippen LogP contribution in [0.3, 0.4) is 0 Å². The largest absolute Gasteiger partial charge is 0.493 e. The van der Waals surface area contributed by atoms with Crippen LogP contribution < -0.4 is 10.5 Å². The Morgan fingerprint density at radius 1 is 1.67 bits per heavy atom. The van der Waals surface area contributed by atoms with Gasteiger partial charge >= 0.3 is 0 Å². The predicted octanol–water partition coefficient (Wildman–Crippen LogP) is 0.833. The summed E-state index contributed by atoms with van der Waals surface area (Å²) in [6.07, 6.45) is 2.82. The summed E-state index contributed by atoms with van der Waals surface area (Å²) in [6, 6.07) is 0. The summed E-state index contributed by atoms with van der Waals surface area (Å²) < 4.78 is 6.77. The molecular weight excluding hydrogens is 194 g/mol. The molecule has 0 spiro atoms. The van der Waals surface area contributed by atoms with Gasteiger partial charge in [0.1, 0.15) is 5.69 Å². The Hall–Kier alpha value is -1.36. The lowest BCUT2D eigenvalue weighted by atomic mass is 10.2. The van der Waals surface area contributed by atoms with Gasteiger partial charge in [0, 0.05) is 13.0 Å². The molecule has 0 saturated heterocycles. The Kier molecular flexibility index (Phi) is 4.30. The van der Waals surface area contributed by atoms with Gasteiger partial charge in [-0.15, -0.1) is 0 Å². The van der Waals surface area contributed by atoms with Gasteiger partial charge in [0.05, 0.1) is 13.3 Å². The zero-order chi connectivity index (χ0) is 11.3. The number of carbonyl (C=O) groups excluding carboxylic acids is 1. The second kappa shape index (κ2) is 5.50. The normalized spacial score (nSPS) is 10.3. The molecule has 84 valence electrons. The fourth-order valence-electron chi connectivity index (χ4n) is 1.43. The average Bonchev–Trinajstić information content (AvgIpc) is 2.62. The van der Waals surface area contributed by atoms with Gasteiger partial charge in [-0.2, -0.15) is 5.10 Å². The lowest BCUT2D eigenvalue weighted by molar-refractivity contribution is 0.0971. The van der Waals surface area contributed by atoms with Crippen molar-refractivity contribution >= 4 is 5.78 Å². The number of aryl methyl sites for hydroxylation is 1. The summed E-state index contributed by atoms with van der Waals surface area (Å²) in [6.45, 7) is 3.10. The van der Waals surface area contributed by atoms with E-state index < -0.39 is 0 Å². The van der Waals surface area contributed by atoms with E-state index in [1.54, 1.807) is 10.9 Å². The van der Waals surface area contributed by atoms with Gasteiger partial charge in [0.2, 0.25) is 0 Å². The quantitative estimate of drug-likeness (QED) is 0.708. The lowest BCUT2D eigenvalue weighted by Gasteiger charge is -2.06. The Morgan fingerprint density at radius 3 is 2.93 bits per heavy atom. The van der Waals surface area contributed by atoms with E-state index in [1.807, 2.05) is 6.92 Å². The number of ketones is 1. The predicted molar refractivity (Wildman–Crippen MR) is 57.1 cm³/mol. The van der Waals surface area contributed by atoms with Crippen molar-refractivity contribution in [3.63, 3.8) is 0 Å². The second-order valence-electron chi connectivity index (χ2n) is 3.25. The maximum Gasteiger partial charge on any atom is 0.185 e. The average molecular weight is 211 g/mol. The maximum atomic E-state index is 11.8. The second-order valence-corrected chi connectivity index (χ2v) is 3.25. The first kappa shape index (κ1) is 11.7. The number of nitrogens with two attached hydrogens (primary N) is 1. The lowest BCUT2D eigenvalue weighted by Crippen LogP contribution is -2.15. The highest BCUT2D eigenvalue weighted by Crippen LogP contribution is 2.19. The molecule has 1 rings (SSSR count). The van der Waals surface area contributed by atoms with E-state index in [-0.39, 0.29) is 5.78 Å². The number of carbonyl (C=O) groups is 1. The van der Waals surface area contributed by atoms with Crippen LogP contribution in [0.15, 0.2) is 6.20 Å². The van der Waals surface area contributed by atoms with E-state index in [0.717, 1.165) is 13.0 Å². The fourth-order valence-corrected chi connectivity index (χ4v) is 1.43. The minimum Gasteiger partial charge on any atom is -0.493 e. The minimum atomic E-state index is -0.0136. The molecule has 0 amide bonds. The molecule has 1 aromatic heterocycles. The molecule has 5 heteroatoms. The van der Waals surface area contributed by atoms with Crippen molar-refractivity contribution in [3.05, 3.63) is 11.9 Å². The third-order valence-corrected chi connectivity index (χ3v) is 2.10. The van der Waals surface area contributed by atoms with E-state index in [2.05, 4.69) is 5.10 Å². The maximum absolute atomic E-state index is 11.8. The highest BCUT2D eigenvalue weighted by atomic mass is 16.5. The van der Waals surface area contributed by atoms with Crippen LogP contribution in [0.2, 0.25) is 0 Å². The molecule has 0 unspecified atom stereocenters. The molecule has 0 aromatic carbocycles. The smallest absolute Gasteiger partial charge is 0.185 e. The van der Waals surface area contributed by atoms with Crippen molar-refractivity contribution in [2.75, 3.05) is 13.7 Å². The topological polar surface area (TPSA) is 70.1 Å². The van der Waals surface area contributed by atoms with Crippen molar-refractivity contribution < 1.29 is 9.53 Å². The number of hydrogen-bond acceptors (Lipinski definition) is 4. The van der Waals surface area contributed by atoms with Crippen molar-refractivity contribution in [3.8, 4) is 5.75 Å². The van der Waals surface area contributed by atoms with Crippen LogP contribution in [-0.4, -0.2) is 29.2 Å². The molecule has 0 aliphatic carbocycles. The molecule has 0 aliphatic heterocycles. The van der Waals surface area contributed by atoms with Gasteiger partial charge in [0.25, 0.3) is 0 Å². The summed E-state index contributed by atoms with van der Waals surface area (Å²) in [5, 5.41) is 4.11. The van der Waals surface area contributed by atoms with Crippen molar-refractivity contribution in [2.24, 2.45) is 5.73 Å². The molecule has 1 aromatic rings. The monoisotopic (exact) mass is 211 g/mol. The van der Waals surface area contributed by atoms with Crippen LogP contribution in [0.4, 0.5) is 0 Å². The van der Waals surface area contributed by atoms with Crippen LogP contribution in [0, 0.1) is 0 Å². The summed E-state index contributed by atoms with van der Waals surface area (Å²) >= 11 is 0. The number of hydrogen-bond donors (Lipinski definition) is 1. The van der Waals surface area contributed by atoms with Crippen LogP contribution in [0.1, 0.15) is 30.3 Å². The molecule has 0 radical (unpaired) electrons.